The standard InChI is InChI=1S/C22H27N5O2/c1-14-15(2)27(16(3)28)19-8-7-17(21(29)26-11-4-5-12-26)13-18(19)20(14)25-22-23-9-6-10-24-22/h6-10,13-15,20H,4-5,11-12H2,1-3H3,(H,23,24,25)/t14-,15-,20+/m0/s1. The zero-order chi connectivity index (χ0) is 20.5. The van der Waals surface area contributed by atoms with Gasteiger partial charge in [-0.2, -0.15) is 0 Å². The number of nitrogens with zero attached hydrogens (tertiary/aromatic N) is 4. The first-order valence-electron chi connectivity index (χ1n) is 10.2. The number of fused-ring (bicyclic) bond motifs is 1. The lowest BCUT2D eigenvalue weighted by molar-refractivity contribution is -0.117. The molecule has 29 heavy (non-hydrogen) atoms. The van der Waals surface area contributed by atoms with Gasteiger partial charge in [0, 0.05) is 55.6 Å². The van der Waals surface area contributed by atoms with E-state index in [-0.39, 0.29) is 29.8 Å². The topological polar surface area (TPSA) is 78.4 Å². The number of benzene rings is 1. The van der Waals surface area contributed by atoms with Crippen LogP contribution in [0.5, 0.6) is 0 Å². The summed E-state index contributed by atoms with van der Waals surface area (Å²) in [5.74, 6) is 0.696. The number of rotatable bonds is 3. The predicted molar refractivity (Wildman–Crippen MR) is 112 cm³/mol. The van der Waals surface area contributed by atoms with Gasteiger partial charge in [-0.1, -0.05) is 6.92 Å². The molecule has 2 amide bonds. The minimum atomic E-state index is -0.107. The van der Waals surface area contributed by atoms with Crippen LogP contribution in [0.15, 0.2) is 36.7 Å². The summed E-state index contributed by atoms with van der Waals surface area (Å²) in [5, 5.41) is 3.43. The molecule has 0 aliphatic carbocycles. The second-order valence-corrected chi connectivity index (χ2v) is 7.96. The molecule has 7 heteroatoms. The van der Waals surface area contributed by atoms with Crippen molar-refractivity contribution in [3.8, 4) is 0 Å². The highest BCUT2D eigenvalue weighted by Gasteiger charge is 2.39. The molecular weight excluding hydrogens is 366 g/mol. The molecule has 0 bridgehead atoms. The Labute approximate surface area is 171 Å². The first-order valence-corrected chi connectivity index (χ1v) is 10.2. The molecule has 1 fully saturated rings. The van der Waals surface area contributed by atoms with Gasteiger partial charge in [0.25, 0.3) is 5.91 Å². The van der Waals surface area contributed by atoms with Crippen molar-refractivity contribution in [3.63, 3.8) is 0 Å². The molecule has 0 radical (unpaired) electrons. The second-order valence-electron chi connectivity index (χ2n) is 7.96. The molecule has 1 aromatic heterocycles. The van der Waals surface area contributed by atoms with E-state index < -0.39 is 0 Å². The number of hydrogen-bond donors (Lipinski definition) is 1. The van der Waals surface area contributed by atoms with Crippen molar-refractivity contribution >= 4 is 23.5 Å². The molecule has 152 valence electrons. The van der Waals surface area contributed by atoms with E-state index >= 15 is 0 Å². The molecular formula is C22H27N5O2. The average molecular weight is 393 g/mol. The summed E-state index contributed by atoms with van der Waals surface area (Å²) in [6.07, 6.45) is 5.50. The highest BCUT2D eigenvalue weighted by atomic mass is 16.2. The van der Waals surface area contributed by atoms with Crippen molar-refractivity contribution in [2.75, 3.05) is 23.3 Å². The van der Waals surface area contributed by atoms with E-state index in [9.17, 15) is 9.59 Å². The zero-order valence-corrected chi connectivity index (χ0v) is 17.1. The maximum atomic E-state index is 13.0. The van der Waals surface area contributed by atoms with Gasteiger partial charge in [0.2, 0.25) is 11.9 Å². The van der Waals surface area contributed by atoms with Crippen molar-refractivity contribution in [2.45, 2.75) is 45.7 Å². The normalized spacial score (nSPS) is 23.6. The van der Waals surface area contributed by atoms with Crippen LogP contribution in [0.25, 0.3) is 0 Å². The monoisotopic (exact) mass is 393 g/mol. The summed E-state index contributed by atoms with van der Waals surface area (Å²) in [6, 6.07) is 7.35. The second kappa shape index (κ2) is 7.81. The Morgan fingerprint density at radius 3 is 2.45 bits per heavy atom. The molecule has 7 nitrogen and oxygen atoms in total. The number of aromatic nitrogens is 2. The van der Waals surface area contributed by atoms with Crippen molar-refractivity contribution in [2.24, 2.45) is 5.92 Å². The number of likely N-dealkylation sites (tertiary alicyclic amines) is 1. The van der Waals surface area contributed by atoms with Crippen LogP contribution >= 0.6 is 0 Å². The lowest BCUT2D eigenvalue weighted by Crippen LogP contribution is -2.48. The van der Waals surface area contributed by atoms with Gasteiger partial charge in [0.05, 0.1) is 6.04 Å². The van der Waals surface area contributed by atoms with Gasteiger partial charge < -0.3 is 15.1 Å². The third-order valence-corrected chi connectivity index (χ3v) is 6.15. The fourth-order valence-electron chi connectivity index (χ4n) is 4.45. The Morgan fingerprint density at radius 1 is 1.10 bits per heavy atom. The number of hydrogen-bond acceptors (Lipinski definition) is 5. The molecule has 2 aromatic rings. The van der Waals surface area contributed by atoms with E-state index in [4.69, 9.17) is 0 Å². The molecule has 1 saturated heterocycles. The van der Waals surface area contributed by atoms with Crippen LogP contribution in [-0.2, 0) is 4.79 Å². The number of nitrogens with one attached hydrogen (secondary N) is 1. The van der Waals surface area contributed by atoms with Crippen LogP contribution in [-0.4, -0.2) is 45.8 Å². The molecule has 1 aromatic carbocycles. The zero-order valence-electron chi connectivity index (χ0n) is 17.1. The van der Waals surface area contributed by atoms with E-state index in [1.54, 1.807) is 25.4 Å². The minimum absolute atomic E-state index is 0.00125. The molecule has 2 aliphatic heterocycles. The Kier molecular flexibility index (Phi) is 5.22. The minimum Gasteiger partial charge on any atom is -0.347 e. The van der Waals surface area contributed by atoms with Crippen LogP contribution in [0, 0.1) is 5.92 Å². The Hall–Kier alpha value is -2.96. The fourth-order valence-corrected chi connectivity index (χ4v) is 4.45. The summed E-state index contributed by atoms with van der Waals surface area (Å²) in [7, 11) is 0. The number of amides is 2. The summed E-state index contributed by atoms with van der Waals surface area (Å²) < 4.78 is 0. The first kappa shape index (κ1) is 19.4. The largest absolute Gasteiger partial charge is 0.347 e. The smallest absolute Gasteiger partial charge is 0.253 e. The van der Waals surface area contributed by atoms with Gasteiger partial charge in [-0.25, -0.2) is 9.97 Å². The number of anilines is 2. The quantitative estimate of drug-likeness (QED) is 0.866. The van der Waals surface area contributed by atoms with Crippen molar-refractivity contribution < 1.29 is 9.59 Å². The van der Waals surface area contributed by atoms with Crippen LogP contribution in [0.1, 0.15) is 55.6 Å². The molecule has 3 heterocycles. The van der Waals surface area contributed by atoms with Crippen molar-refractivity contribution in [3.05, 3.63) is 47.8 Å². The van der Waals surface area contributed by atoms with E-state index in [2.05, 4.69) is 29.1 Å². The van der Waals surface area contributed by atoms with E-state index in [0.717, 1.165) is 37.2 Å². The Bertz CT molecular complexity index is 911. The van der Waals surface area contributed by atoms with Gasteiger partial charge in [-0.3, -0.25) is 9.59 Å². The first-order chi connectivity index (χ1) is 14.0. The predicted octanol–water partition coefficient (Wildman–Crippen LogP) is 3.26. The maximum absolute atomic E-state index is 13.0. The van der Waals surface area contributed by atoms with Crippen LogP contribution in [0.4, 0.5) is 11.6 Å². The van der Waals surface area contributed by atoms with Gasteiger partial charge in [-0.15, -0.1) is 0 Å². The van der Waals surface area contributed by atoms with E-state index in [0.29, 0.717) is 11.5 Å². The van der Waals surface area contributed by atoms with Gasteiger partial charge in [0.1, 0.15) is 0 Å². The van der Waals surface area contributed by atoms with Crippen LogP contribution < -0.4 is 10.2 Å². The fraction of sp³-hybridized carbons (Fsp3) is 0.455. The lowest BCUT2D eigenvalue weighted by atomic mass is 9.82. The highest BCUT2D eigenvalue weighted by molar-refractivity contribution is 5.98. The Balaban J connectivity index is 1.76. The highest BCUT2D eigenvalue weighted by Crippen LogP contribution is 2.42. The molecule has 2 aliphatic rings. The van der Waals surface area contributed by atoms with Crippen LogP contribution in [0.3, 0.4) is 0 Å². The summed E-state index contributed by atoms with van der Waals surface area (Å²) >= 11 is 0. The summed E-state index contributed by atoms with van der Waals surface area (Å²) in [4.78, 5) is 37.7. The maximum Gasteiger partial charge on any atom is 0.253 e. The third kappa shape index (κ3) is 3.57. The Morgan fingerprint density at radius 2 is 1.79 bits per heavy atom. The molecule has 0 unspecified atom stereocenters. The van der Waals surface area contributed by atoms with Gasteiger partial charge in [0.15, 0.2) is 0 Å². The van der Waals surface area contributed by atoms with E-state index in [1.807, 2.05) is 28.0 Å². The van der Waals surface area contributed by atoms with Gasteiger partial charge in [-0.05, 0) is 49.6 Å². The molecule has 4 rings (SSSR count). The lowest BCUT2D eigenvalue weighted by Gasteiger charge is -2.44. The molecule has 0 spiro atoms. The average Bonchev–Trinajstić information content (AvgIpc) is 3.26. The molecule has 0 saturated carbocycles. The molecule has 3 atom stereocenters. The number of carbonyl (C=O) groups excluding carboxylic acids is 2. The SMILES string of the molecule is CC(=O)N1c2ccc(C(=O)N3CCCC3)cc2[C@H](Nc2ncccn2)[C@@H](C)[C@@H]1C. The van der Waals surface area contributed by atoms with Crippen LogP contribution in [0.2, 0.25) is 0 Å². The van der Waals surface area contributed by atoms with Crippen molar-refractivity contribution in [1.29, 1.82) is 0 Å². The third-order valence-electron chi connectivity index (χ3n) is 6.15. The molecule has 1 N–H and O–H groups in total. The summed E-state index contributed by atoms with van der Waals surface area (Å²) in [6.45, 7) is 7.37. The summed E-state index contributed by atoms with van der Waals surface area (Å²) in [5.41, 5.74) is 2.44. The van der Waals surface area contributed by atoms with Crippen molar-refractivity contribution in [1.82, 2.24) is 14.9 Å². The number of carbonyl (C=O) groups is 2. The van der Waals surface area contributed by atoms with E-state index in [1.165, 1.54) is 0 Å². The van der Waals surface area contributed by atoms with Gasteiger partial charge >= 0.3 is 0 Å².